The molecule has 0 aromatic heterocycles. The van der Waals surface area contributed by atoms with Gasteiger partial charge in [0.2, 0.25) is 0 Å². The predicted molar refractivity (Wildman–Crippen MR) is 43.6 cm³/mol. The summed E-state index contributed by atoms with van der Waals surface area (Å²) in [6.45, 7) is 2.23. The molecule has 0 aromatic carbocycles. The number of rotatable bonds is 0. The Morgan fingerprint density at radius 1 is 1.20 bits per heavy atom. The molecular formula is C10H13. The number of hydrogen-bond acceptors (Lipinski definition) is 0. The van der Waals surface area contributed by atoms with Crippen molar-refractivity contribution < 1.29 is 0 Å². The van der Waals surface area contributed by atoms with Gasteiger partial charge in [-0.2, -0.15) is 0 Å². The van der Waals surface area contributed by atoms with Gasteiger partial charge in [-0.15, -0.1) is 0 Å². The van der Waals surface area contributed by atoms with Crippen molar-refractivity contribution in [2.24, 2.45) is 0 Å². The van der Waals surface area contributed by atoms with Crippen molar-refractivity contribution in [2.45, 2.75) is 32.6 Å². The minimum atomic E-state index is 1.32. The second kappa shape index (κ2) is 2.26. The first-order chi connectivity index (χ1) is 4.88. The lowest BCUT2D eigenvalue weighted by Gasteiger charge is -2.14. The molecule has 0 bridgehead atoms. The highest BCUT2D eigenvalue weighted by atomic mass is 14.2. The van der Waals surface area contributed by atoms with E-state index in [-0.39, 0.29) is 0 Å². The molecule has 0 aliphatic heterocycles. The Morgan fingerprint density at radius 2 is 2.00 bits per heavy atom. The summed E-state index contributed by atoms with van der Waals surface area (Å²) in [5.41, 5.74) is 4.77. The van der Waals surface area contributed by atoms with Crippen molar-refractivity contribution in [3.05, 3.63) is 29.2 Å². The second-order valence-electron chi connectivity index (χ2n) is 3.23. The Hall–Kier alpha value is -0.520. The standard InChI is InChI=1S/C10H13/c1-8-6-7-9-4-2-3-5-10(8)9/h6-7H,2-5H2,1H3. The summed E-state index contributed by atoms with van der Waals surface area (Å²) >= 11 is 0. The molecule has 0 saturated heterocycles. The van der Waals surface area contributed by atoms with Crippen molar-refractivity contribution in [1.82, 2.24) is 0 Å². The molecule has 2 aliphatic rings. The first-order valence-electron chi connectivity index (χ1n) is 4.12. The third kappa shape index (κ3) is 0.828. The van der Waals surface area contributed by atoms with Crippen LogP contribution in [0.1, 0.15) is 32.6 Å². The molecule has 0 fully saturated rings. The van der Waals surface area contributed by atoms with Crippen molar-refractivity contribution >= 4 is 0 Å². The topological polar surface area (TPSA) is 0 Å². The minimum absolute atomic E-state index is 1.32. The molecule has 0 heterocycles. The molecule has 0 heteroatoms. The van der Waals surface area contributed by atoms with Gasteiger partial charge in [0.05, 0.1) is 0 Å². The van der Waals surface area contributed by atoms with Gasteiger partial charge in [-0.1, -0.05) is 17.2 Å². The van der Waals surface area contributed by atoms with E-state index in [9.17, 15) is 0 Å². The maximum absolute atomic E-state index is 2.30. The van der Waals surface area contributed by atoms with E-state index >= 15 is 0 Å². The Bertz CT molecular complexity index is 206. The first kappa shape index (κ1) is 6.21. The Labute approximate surface area is 62.6 Å². The van der Waals surface area contributed by atoms with E-state index in [1.165, 1.54) is 31.3 Å². The zero-order valence-electron chi connectivity index (χ0n) is 6.48. The third-order valence-electron chi connectivity index (χ3n) is 2.52. The van der Waals surface area contributed by atoms with Crippen LogP contribution in [0.5, 0.6) is 0 Å². The molecule has 0 atom stereocenters. The summed E-state index contributed by atoms with van der Waals surface area (Å²) < 4.78 is 0. The van der Waals surface area contributed by atoms with Crippen LogP contribution in [0, 0.1) is 6.42 Å². The number of allylic oxidation sites excluding steroid dienone is 4. The van der Waals surface area contributed by atoms with Crippen LogP contribution in [0.2, 0.25) is 0 Å². The Morgan fingerprint density at radius 3 is 2.80 bits per heavy atom. The van der Waals surface area contributed by atoms with Gasteiger partial charge in [-0.3, -0.25) is 0 Å². The average Bonchev–Trinajstić information content (AvgIpc) is 2.34. The van der Waals surface area contributed by atoms with Gasteiger partial charge in [0.25, 0.3) is 0 Å². The fraction of sp³-hybridized carbons (Fsp3) is 0.500. The van der Waals surface area contributed by atoms with Crippen molar-refractivity contribution in [1.29, 1.82) is 0 Å². The maximum atomic E-state index is 2.30. The van der Waals surface area contributed by atoms with Gasteiger partial charge in [0.15, 0.2) is 0 Å². The molecular weight excluding hydrogens is 120 g/mol. The summed E-state index contributed by atoms with van der Waals surface area (Å²) in [5.74, 6) is 0. The molecule has 0 aromatic rings. The van der Waals surface area contributed by atoms with Gasteiger partial charge in [-0.25, -0.2) is 0 Å². The van der Waals surface area contributed by atoms with Crippen molar-refractivity contribution in [2.75, 3.05) is 0 Å². The van der Waals surface area contributed by atoms with E-state index in [2.05, 4.69) is 19.4 Å². The predicted octanol–water partition coefficient (Wildman–Crippen LogP) is 3.02. The van der Waals surface area contributed by atoms with Gasteiger partial charge in [0, 0.05) is 6.42 Å². The molecule has 1 radical (unpaired) electrons. The van der Waals surface area contributed by atoms with Crippen LogP contribution in [0.4, 0.5) is 0 Å². The molecule has 0 N–H and O–H groups in total. The average molecular weight is 133 g/mol. The lowest BCUT2D eigenvalue weighted by molar-refractivity contribution is 0.689. The molecule has 53 valence electrons. The van der Waals surface area contributed by atoms with Crippen LogP contribution < -0.4 is 0 Å². The molecule has 10 heavy (non-hydrogen) atoms. The van der Waals surface area contributed by atoms with Crippen LogP contribution in [0.3, 0.4) is 0 Å². The maximum Gasteiger partial charge on any atom is 0.00892 e. The summed E-state index contributed by atoms with van der Waals surface area (Å²) in [6.07, 6.45) is 10.0. The summed E-state index contributed by atoms with van der Waals surface area (Å²) in [6, 6.07) is 0. The zero-order valence-corrected chi connectivity index (χ0v) is 6.48. The SMILES string of the molecule is CC1=C[CH]C2=C1CCCC2. The van der Waals surface area contributed by atoms with Crippen LogP contribution in [-0.2, 0) is 0 Å². The van der Waals surface area contributed by atoms with E-state index in [4.69, 9.17) is 0 Å². The summed E-state index contributed by atoms with van der Waals surface area (Å²) in [4.78, 5) is 0. The van der Waals surface area contributed by atoms with Gasteiger partial charge >= 0.3 is 0 Å². The highest BCUT2D eigenvalue weighted by Gasteiger charge is 2.17. The number of hydrogen-bond donors (Lipinski definition) is 0. The largest absolute Gasteiger partial charge is 0.0732 e. The van der Waals surface area contributed by atoms with Gasteiger partial charge in [-0.05, 0) is 38.2 Å². The fourth-order valence-corrected chi connectivity index (χ4v) is 1.89. The third-order valence-corrected chi connectivity index (χ3v) is 2.52. The van der Waals surface area contributed by atoms with Crippen molar-refractivity contribution in [3.63, 3.8) is 0 Å². The monoisotopic (exact) mass is 133 g/mol. The Kier molecular flexibility index (Phi) is 1.40. The van der Waals surface area contributed by atoms with Crippen LogP contribution in [-0.4, -0.2) is 0 Å². The lowest BCUT2D eigenvalue weighted by Crippen LogP contribution is -1.95. The van der Waals surface area contributed by atoms with E-state index in [0.29, 0.717) is 0 Å². The van der Waals surface area contributed by atoms with Crippen LogP contribution in [0.15, 0.2) is 22.8 Å². The molecule has 0 spiro atoms. The first-order valence-corrected chi connectivity index (χ1v) is 4.12. The highest BCUT2D eigenvalue weighted by molar-refractivity contribution is 5.48. The molecule has 0 amide bonds. The second-order valence-corrected chi connectivity index (χ2v) is 3.23. The molecule has 2 rings (SSSR count). The van der Waals surface area contributed by atoms with Crippen LogP contribution >= 0.6 is 0 Å². The van der Waals surface area contributed by atoms with Crippen molar-refractivity contribution in [3.8, 4) is 0 Å². The smallest absolute Gasteiger partial charge is 0.00892 e. The highest BCUT2D eigenvalue weighted by Crippen LogP contribution is 2.35. The molecule has 0 unspecified atom stereocenters. The summed E-state index contributed by atoms with van der Waals surface area (Å²) in [5, 5.41) is 0. The van der Waals surface area contributed by atoms with Crippen LogP contribution in [0.25, 0.3) is 0 Å². The summed E-state index contributed by atoms with van der Waals surface area (Å²) in [7, 11) is 0. The lowest BCUT2D eigenvalue weighted by atomic mass is 9.91. The fourth-order valence-electron chi connectivity index (χ4n) is 1.89. The molecule has 2 aliphatic carbocycles. The van der Waals surface area contributed by atoms with Gasteiger partial charge < -0.3 is 0 Å². The van der Waals surface area contributed by atoms with E-state index < -0.39 is 0 Å². The van der Waals surface area contributed by atoms with E-state index in [1.54, 1.807) is 11.1 Å². The van der Waals surface area contributed by atoms with Gasteiger partial charge in [0.1, 0.15) is 0 Å². The quantitative estimate of drug-likeness (QED) is 0.476. The molecule has 0 nitrogen and oxygen atoms in total. The van der Waals surface area contributed by atoms with E-state index in [0.717, 1.165) is 0 Å². The minimum Gasteiger partial charge on any atom is -0.0732 e. The zero-order chi connectivity index (χ0) is 6.97. The Balaban J connectivity index is 2.28. The normalized spacial score (nSPS) is 24.7. The molecule has 0 saturated carbocycles. The van der Waals surface area contributed by atoms with E-state index in [1.807, 2.05) is 0 Å².